The van der Waals surface area contributed by atoms with Gasteiger partial charge in [0.2, 0.25) is 0 Å². The lowest BCUT2D eigenvalue weighted by Gasteiger charge is -2.35. The Morgan fingerprint density at radius 1 is 1.00 bits per heavy atom. The number of aryl methyl sites for hydroxylation is 1. The molecule has 0 aliphatic heterocycles. The van der Waals surface area contributed by atoms with E-state index in [1.54, 1.807) is 0 Å². The number of anilines is 1. The molecule has 0 N–H and O–H groups in total. The minimum Gasteiger partial charge on any atom is -0.444 e. The summed E-state index contributed by atoms with van der Waals surface area (Å²) in [7, 11) is -2.42. The van der Waals surface area contributed by atoms with E-state index in [2.05, 4.69) is 98.7 Å². The number of rotatable bonds is 17. The Morgan fingerprint density at radius 2 is 1.56 bits per heavy atom. The quantitative estimate of drug-likeness (QED) is 0.0700. The predicted molar refractivity (Wildman–Crippen MR) is 192 cm³/mol. The van der Waals surface area contributed by atoms with Gasteiger partial charge in [0.15, 0.2) is 5.65 Å². The molecule has 0 saturated carbocycles. The van der Waals surface area contributed by atoms with E-state index in [1.165, 1.54) is 0 Å². The Labute approximate surface area is 276 Å². The zero-order valence-electron chi connectivity index (χ0n) is 28.9. The average Bonchev–Trinajstić information content (AvgIpc) is 3.24. The first-order chi connectivity index (χ1) is 19.8. The number of aromatic nitrogens is 3. The van der Waals surface area contributed by atoms with Crippen molar-refractivity contribution in [1.29, 1.82) is 0 Å². The normalized spacial score (nSPS) is 14.2. The van der Waals surface area contributed by atoms with Crippen LogP contribution in [0.5, 0.6) is 0 Å². The molecule has 0 saturated heterocycles. The van der Waals surface area contributed by atoms with E-state index in [0.717, 1.165) is 58.9 Å². The summed E-state index contributed by atoms with van der Waals surface area (Å²) in [5.41, 5.74) is 1.23. The number of carbonyl (C=O) groups excluding carboxylic acids is 1. The predicted octanol–water partition coefficient (Wildman–Crippen LogP) is 8.12. The molecule has 2 rings (SSSR count). The van der Waals surface area contributed by atoms with Gasteiger partial charge >= 0.3 is 6.09 Å². The summed E-state index contributed by atoms with van der Waals surface area (Å²) in [5, 5.41) is 4.67. The molecule has 1 amide bonds. The van der Waals surface area contributed by atoms with Crippen molar-refractivity contribution in [3.05, 3.63) is 21.5 Å². The highest BCUT2D eigenvalue weighted by Gasteiger charge is 2.29. The highest BCUT2D eigenvalue weighted by molar-refractivity contribution is 14.1. The van der Waals surface area contributed by atoms with Gasteiger partial charge in [0.25, 0.3) is 0 Å². The smallest absolute Gasteiger partial charge is 0.410 e. The van der Waals surface area contributed by atoms with Crippen molar-refractivity contribution >= 4 is 56.3 Å². The summed E-state index contributed by atoms with van der Waals surface area (Å²) < 4.78 is 21.1. The summed E-state index contributed by atoms with van der Waals surface area (Å²) in [6.07, 6.45) is 3.91. The van der Waals surface area contributed by atoms with E-state index in [-0.39, 0.29) is 18.2 Å². The standard InChI is InChI=1S/C31H58IN5O4Si2/c1-13-24(2)36(30(38)41-31(4,5)6)25(3)14-15-26-20-28(37-29(34-26)27(32)21-33-37)35(22-39-16-18-42(7,8)9)23-40-17-19-43(10,11)12/h20-21,24-25H,13-19,22-23H2,1-12H3/t24-,25+/m0/s1. The van der Waals surface area contributed by atoms with Crippen LogP contribution in [0.25, 0.3) is 5.65 Å². The van der Waals surface area contributed by atoms with Crippen LogP contribution in [0.15, 0.2) is 12.3 Å². The first kappa shape index (κ1) is 38.0. The van der Waals surface area contributed by atoms with Gasteiger partial charge in [-0.3, -0.25) is 0 Å². The molecule has 0 unspecified atom stereocenters. The highest BCUT2D eigenvalue weighted by atomic mass is 127. The third kappa shape index (κ3) is 13.3. The molecule has 2 atom stereocenters. The van der Waals surface area contributed by atoms with Crippen LogP contribution < -0.4 is 4.90 Å². The molecule has 0 radical (unpaired) electrons. The van der Waals surface area contributed by atoms with E-state index >= 15 is 0 Å². The number of ether oxygens (including phenoxy) is 3. The Kier molecular flexibility index (Phi) is 14.4. The van der Waals surface area contributed by atoms with Crippen molar-refractivity contribution in [2.24, 2.45) is 0 Å². The number of nitrogens with zero attached hydrogens (tertiary/aromatic N) is 5. The summed E-state index contributed by atoms with van der Waals surface area (Å²) >= 11 is 2.30. The lowest BCUT2D eigenvalue weighted by molar-refractivity contribution is 0.00726. The molecular weight excluding hydrogens is 689 g/mol. The van der Waals surface area contributed by atoms with Gasteiger partial charge in [-0.15, -0.1) is 0 Å². The van der Waals surface area contributed by atoms with Crippen LogP contribution in [0.2, 0.25) is 51.4 Å². The molecule has 2 heterocycles. The molecule has 2 aromatic heterocycles. The molecule has 0 fully saturated rings. The van der Waals surface area contributed by atoms with E-state index in [4.69, 9.17) is 19.2 Å². The van der Waals surface area contributed by atoms with Gasteiger partial charge in [-0.2, -0.15) is 9.61 Å². The van der Waals surface area contributed by atoms with Crippen molar-refractivity contribution in [2.45, 2.75) is 130 Å². The first-order valence-electron chi connectivity index (χ1n) is 15.8. The molecule has 2 aromatic rings. The third-order valence-electron chi connectivity index (χ3n) is 7.24. The van der Waals surface area contributed by atoms with E-state index in [1.807, 2.05) is 36.4 Å². The van der Waals surface area contributed by atoms with Crippen LogP contribution in [0.4, 0.5) is 10.6 Å². The molecule has 0 spiro atoms. The Balaban J connectivity index is 2.32. The summed E-state index contributed by atoms with van der Waals surface area (Å²) in [6, 6.07) is 4.38. The van der Waals surface area contributed by atoms with E-state index < -0.39 is 21.7 Å². The summed E-state index contributed by atoms with van der Waals surface area (Å²) in [4.78, 5) is 22.2. The van der Waals surface area contributed by atoms with Crippen LogP contribution in [0, 0.1) is 3.57 Å². The van der Waals surface area contributed by atoms with Crippen molar-refractivity contribution in [1.82, 2.24) is 19.5 Å². The second-order valence-corrected chi connectivity index (χ2v) is 27.5. The van der Waals surface area contributed by atoms with E-state index in [9.17, 15) is 4.79 Å². The zero-order chi connectivity index (χ0) is 32.6. The van der Waals surface area contributed by atoms with Crippen molar-refractivity contribution in [3.8, 4) is 0 Å². The van der Waals surface area contributed by atoms with Crippen LogP contribution in [-0.4, -0.2) is 86.1 Å². The lowest BCUT2D eigenvalue weighted by atomic mass is 10.1. The van der Waals surface area contributed by atoms with Gasteiger partial charge in [0.05, 0.1) is 9.77 Å². The monoisotopic (exact) mass is 747 g/mol. The fraction of sp³-hybridized carbons (Fsp3) is 0.774. The topological polar surface area (TPSA) is 81.4 Å². The van der Waals surface area contributed by atoms with Crippen molar-refractivity contribution in [3.63, 3.8) is 0 Å². The highest BCUT2D eigenvalue weighted by Crippen LogP contribution is 2.24. The number of carbonyl (C=O) groups is 1. The average molecular weight is 748 g/mol. The first-order valence-corrected chi connectivity index (χ1v) is 24.3. The van der Waals surface area contributed by atoms with E-state index in [0.29, 0.717) is 19.9 Å². The van der Waals surface area contributed by atoms with Crippen molar-refractivity contribution in [2.75, 3.05) is 31.6 Å². The second kappa shape index (κ2) is 16.4. The number of fused-ring (bicyclic) bond motifs is 1. The lowest BCUT2D eigenvalue weighted by Crippen LogP contribution is -2.47. The summed E-state index contributed by atoms with van der Waals surface area (Å²) in [5.74, 6) is 0.905. The third-order valence-corrected chi connectivity index (χ3v) is 11.4. The maximum absolute atomic E-state index is 13.2. The number of hydrogen-bond acceptors (Lipinski definition) is 7. The minimum absolute atomic E-state index is 0.0128. The zero-order valence-corrected chi connectivity index (χ0v) is 33.1. The maximum atomic E-state index is 13.2. The van der Waals surface area contributed by atoms with Crippen LogP contribution in [-0.2, 0) is 20.6 Å². The van der Waals surface area contributed by atoms with Crippen molar-refractivity contribution < 1.29 is 19.0 Å². The molecule has 0 bridgehead atoms. The molecule has 0 aromatic carbocycles. The molecule has 9 nitrogen and oxygen atoms in total. The number of halogens is 1. The SMILES string of the molecule is CC[C@H](C)N(C(=O)OC(C)(C)C)[C@H](C)CCc1cc(N(COCC[Si](C)(C)C)COCC[Si](C)(C)C)n2ncc(I)c2n1. The Morgan fingerprint density at radius 3 is 2.05 bits per heavy atom. The number of hydrogen-bond donors (Lipinski definition) is 0. The maximum Gasteiger partial charge on any atom is 0.410 e. The van der Waals surface area contributed by atoms with Gasteiger partial charge in [-0.1, -0.05) is 46.2 Å². The molecule has 0 aliphatic rings. The fourth-order valence-electron chi connectivity index (χ4n) is 4.40. The molecule has 246 valence electrons. The van der Waals surface area contributed by atoms with Crippen LogP contribution >= 0.6 is 22.6 Å². The fourth-order valence-corrected chi connectivity index (χ4v) is 6.39. The second-order valence-electron chi connectivity index (χ2n) is 15.1. The van der Waals surface area contributed by atoms with Crippen LogP contribution in [0.3, 0.4) is 0 Å². The number of amides is 1. The van der Waals surface area contributed by atoms with Gasteiger partial charge in [0, 0.05) is 53.2 Å². The van der Waals surface area contributed by atoms with Gasteiger partial charge in [-0.05, 0) is 88.6 Å². The molecule has 12 heteroatoms. The molecule has 0 aliphatic carbocycles. The molecule has 43 heavy (non-hydrogen) atoms. The summed E-state index contributed by atoms with van der Waals surface area (Å²) in [6.45, 7) is 28.5. The van der Waals surface area contributed by atoms with Gasteiger partial charge < -0.3 is 24.0 Å². The largest absolute Gasteiger partial charge is 0.444 e. The van der Waals surface area contributed by atoms with Gasteiger partial charge in [-0.25, -0.2) is 9.78 Å². The molecular formula is C31H58IN5O4Si2. The van der Waals surface area contributed by atoms with Crippen LogP contribution in [0.1, 0.15) is 60.1 Å². The Hall–Kier alpha value is -1.23. The Bertz CT molecular complexity index is 1140. The minimum atomic E-state index is -1.21. The van der Waals surface area contributed by atoms with Gasteiger partial charge in [0.1, 0.15) is 24.9 Å².